The van der Waals surface area contributed by atoms with Crippen molar-refractivity contribution in [2.45, 2.75) is 51.7 Å². The second-order valence-corrected chi connectivity index (χ2v) is 5.74. The fourth-order valence-corrected chi connectivity index (χ4v) is 2.32. The molecule has 2 N–H and O–H groups in total. The van der Waals surface area contributed by atoms with Gasteiger partial charge >= 0.3 is 0 Å². The first-order chi connectivity index (χ1) is 8.65. The van der Waals surface area contributed by atoms with Gasteiger partial charge in [-0.3, -0.25) is 0 Å². The molecule has 0 aromatic heterocycles. The minimum atomic E-state index is -0.133. The first kappa shape index (κ1) is 13.6. The Morgan fingerprint density at radius 3 is 2.83 bits per heavy atom. The fourth-order valence-electron chi connectivity index (χ4n) is 2.32. The van der Waals surface area contributed by atoms with Crippen molar-refractivity contribution in [3.8, 4) is 0 Å². The van der Waals surface area contributed by atoms with E-state index in [-0.39, 0.29) is 6.10 Å². The van der Waals surface area contributed by atoms with Crippen LogP contribution in [0.3, 0.4) is 0 Å². The van der Waals surface area contributed by atoms with Gasteiger partial charge in [-0.05, 0) is 51.0 Å². The van der Waals surface area contributed by atoms with Crippen LogP contribution < -0.4 is 5.32 Å². The second-order valence-electron chi connectivity index (χ2n) is 5.74. The van der Waals surface area contributed by atoms with Gasteiger partial charge in [0.2, 0.25) is 0 Å². The summed E-state index contributed by atoms with van der Waals surface area (Å²) in [5, 5.41) is 13.2. The SMILES string of the molecule is Cc1cccc(CCC(C)NCC(O)C2CC2)c1. The van der Waals surface area contributed by atoms with Crippen LogP contribution in [0.4, 0.5) is 0 Å². The Hall–Kier alpha value is -0.860. The maximum Gasteiger partial charge on any atom is 0.0692 e. The van der Waals surface area contributed by atoms with Gasteiger partial charge in [-0.2, -0.15) is 0 Å². The Kier molecular flexibility index (Phi) is 4.79. The lowest BCUT2D eigenvalue weighted by Gasteiger charge is -2.17. The van der Waals surface area contributed by atoms with Crippen LogP contribution in [0, 0.1) is 12.8 Å². The van der Waals surface area contributed by atoms with E-state index in [1.807, 2.05) is 0 Å². The molecule has 1 fully saturated rings. The molecule has 0 spiro atoms. The molecular formula is C16H25NO. The van der Waals surface area contributed by atoms with Crippen LogP contribution >= 0.6 is 0 Å². The van der Waals surface area contributed by atoms with Crippen LogP contribution in [0.15, 0.2) is 24.3 Å². The highest BCUT2D eigenvalue weighted by molar-refractivity contribution is 5.22. The molecule has 0 amide bonds. The average Bonchev–Trinajstić information content (AvgIpc) is 3.17. The van der Waals surface area contributed by atoms with E-state index in [1.165, 1.54) is 24.0 Å². The summed E-state index contributed by atoms with van der Waals surface area (Å²) < 4.78 is 0. The molecule has 100 valence electrons. The summed E-state index contributed by atoms with van der Waals surface area (Å²) in [6, 6.07) is 9.18. The fraction of sp³-hybridized carbons (Fsp3) is 0.625. The van der Waals surface area contributed by atoms with E-state index in [4.69, 9.17) is 0 Å². The third kappa shape index (κ3) is 4.43. The van der Waals surface area contributed by atoms with Gasteiger partial charge in [0, 0.05) is 12.6 Å². The highest BCUT2D eigenvalue weighted by Gasteiger charge is 2.29. The van der Waals surface area contributed by atoms with Crippen molar-refractivity contribution in [3.63, 3.8) is 0 Å². The van der Waals surface area contributed by atoms with Gasteiger partial charge in [0.05, 0.1) is 6.10 Å². The lowest BCUT2D eigenvalue weighted by molar-refractivity contribution is 0.145. The van der Waals surface area contributed by atoms with Gasteiger partial charge in [0.25, 0.3) is 0 Å². The molecule has 1 aromatic carbocycles. The summed E-state index contributed by atoms with van der Waals surface area (Å²) in [6.45, 7) is 5.09. The van der Waals surface area contributed by atoms with E-state index in [9.17, 15) is 5.11 Å². The molecule has 0 saturated heterocycles. The van der Waals surface area contributed by atoms with E-state index in [2.05, 4.69) is 43.4 Å². The van der Waals surface area contributed by atoms with Crippen molar-refractivity contribution >= 4 is 0 Å². The summed E-state index contributed by atoms with van der Waals surface area (Å²) in [4.78, 5) is 0. The molecule has 0 radical (unpaired) electrons. The number of aliphatic hydroxyl groups excluding tert-OH is 1. The molecule has 2 atom stereocenters. The Labute approximate surface area is 110 Å². The quantitative estimate of drug-likeness (QED) is 0.776. The predicted octanol–water partition coefficient (Wildman–Crippen LogP) is 2.68. The molecule has 1 aliphatic carbocycles. The lowest BCUT2D eigenvalue weighted by Crippen LogP contribution is -2.34. The van der Waals surface area contributed by atoms with Gasteiger partial charge in [0.15, 0.2) is 0 Å². The number of hydrogen-bond donors (Lipinski definition) is 2. The van der Waals surface area contributed by atoms with Crippen molar-refractivity contribution in [1.29, 1.82) is 0 Å². The molecule has 2 rings (SSSR count). The van der Waals surface area contributed by atoms with E-state index >= 15 is 0 Å². The molecule has 0 heterocycles. The van der Waals surface area contributed by atoms with Crippen LogP contribution in [-0.2, 0) is 6.42 Å². The molecule has 2 unspecified atom stereocenters. The zero-order valence-corrected chi connectivity index (χ0v) is 11.5. The van der Waals surface area contributed by atoms with E-state index in [1.54, 1.807) is 0 Å². The largest absolute Gasteiger partial charge is 0.392 e. The van der Waals surface area contributed by atoms with Gasteiger partial charge in [0.1, 0.15) is 0 Å². The first-order valence-electron chi connectivity index (χ1n) is 7.12. The van der Waals surface area contributed by atoms with Crippen LogP contribution in [0.2, 0.25) is 0 Å². The zero-order valence-electron chi connectivity index (χ0n) is 11.5. The Balaban J connectivity index is 1.66. The minimum Gasteiger partial charge on any atom is -0.392 e. The zero-order chi connectivity index (χ0) is 13.0. The van der Waals surface area contributed by atoms with Crippen LogP contribution in [0.1, 0.15) is 37.3 Å². The normalized spacial score (nSPS) is 18.6. The van der Waals surface area contributed by atoms with Crippen LogP contribution in [0.25, 0.3) is 0 Å². The van der Waals surface area contributed by atoms with E-state index in [0.717, 1.165) is 19.4 Å². The number of benzene rings is 1. The second kappa shape index (κ2) is 6.35. The Morgan fingerprint density at radius 1 is 1.39 bits per heavy atom. The Morgan fingerprint density at radius 2 is 2.17 bits per heavy atom. The van der Waals surface area contributed by atoms with E-state index < -0.39 is 0 Å². The highest BCUT2D eigenvalue weighted by Crippen LogP contribution is 2.32. The Bertz CT molecular complexity index is 373. The summed E-state index contributed by atoms with van der Waals surface area (Å²) >= 11 is 0. The standard InChI is InChI=1S/C16H25NO/c1-12-4-3-5-14(10-12)7-6-13(2)17-11-16(18)15-8-9-15/h3-5,10,13,15-18H,6-9,11H2,1-2H3. The van der Waals surface area contributed by atoms with Crippen molar-refractivity contribution in [3.05, 3.63) is 35.4 Å². The smallest absolute Gasteiger partial charge is 0.0692 e. The minimum absolute atomic E-state index is 0.133. The summed E-state index contributed by atoms with van der Waals surface area (Å²) in [5.41, 5.74) is 2.74. The molecule has 1 saturated carbocycles. The predicted molar refractivity (Wildman–Crippen MR) is 75.7 cm³/mol. The van der Waals surface area contributed by atoms with Gasteiger partial charge in [-0.1, -0.05) is 29.8 Å². The van der Waals surface area contributed by atoms with Crippen LogP contribution in [-0.4, -0.2) is 23.8 Å². The monoisotopic (exact) mass is 247 g/mol. The van der Waals surface area contributed by atoms with Crippen molar-refractivity contribution in [1.82, 2.24) is 5.32 Å². The van der Waals surface area contributed by atoms with Gasteiger partial charge in [-0.15, -0.1) is 0 Å². The number of rotatable bonds is 7. The van der Waals surface area contributed by atoms with Crippen molar-refractivity contribution in [2.75, 3.05) is 6.54 Å². The molecule has 0 bridgehead atoms. The molecule has 1 aliphatic rings. The first-order valence-corrected chi connectivity index (χ1v) is 7.12. The highest BCUT2D eigenvalue weighted by atomic mass is 16.3. The lowest BCUT2D eigenvalue weighted by atomic mass is 10.0. The summed E-state index contributed by atoms with van der Waals surface area (Å²) in [5.74, 6) is 0.571. The number of aryl methyl sites for hydroxylation is 2. The van der Waals surface area contributed by atoms with Crippen molar-refractivity contribution in [2.24, 2.45) is 5.92 Å². The van der Waals surface area contributed by atoms with Gasteiger partial charge < -0.3 is 10.4 Å². The molecule has 0 aliphatic heterocycles. The molecule has 2 heteroatoms. The number of aliphatic hydroxyl groups is 1. The topological polar surface area (TPSA) is 32.3 Å². The number of hydrogen-bond acceptors (Lipinski definition) is 2. The molecule has 2 nitrogen and oxygen atoms in total. The summed E-state index contributed by atoms with van der Waals surface area (Å²) in [6.07, 6.45) is 4.52. The molecule has 18 heavy (non-hydrogen) atoms. The van der Waals surface area contributed by atoms with E-state index in [0.29, 0.717) is 12.0 Å². The average molecular weight is 247 g/mol. The molecular weight excluding hydrogens is 222 g/mol. The molecule has 1 aromatic rings. The maximum absolute atomic E-state index is 9.80. The summed E-state index contributed by atoms with van der Waals surface area (Å²) in [7, 11) is 0. The van der Waals surface area contributed by atoms with Crippen LogP contribution in [0.5, 0.6) is 0 Å². The van der Waals surface area contributed by atoms with Crippen molar-refractivity contribution < 1.29 is 5.11 Å². The number of nitrogens with one attached hydrogen (secondary N) is 1. The van der Waals surface area contributed by atoms with Gasteiger partial charge in [-0.25, -0.2) is 0 Å². The third-order valence-electron chi connectivity index (χ3n) is 3.79. The third-order valence-corrected chi connectivity index (χ3v) is 3.79. The maximum atomic E-state index is 9.80.